The Bertz CT molecular complexity index is 1190. The summed E-state index contributed by atoms with van der Waals surface area (Å²) in [5, 5.41) is 3.70. The van der Waals surface area contributed by atoms with E-state index >= 15 is 0 Å². The van der Waals surface area contributed by atoms with E-state index in [2.05, 4.69) is 5.32 Å². The predicted octanol–water partition coefficient (Wildman–Crippen LogP) is 5.59. The van der Waals surface area contributed by atoms with Crippen LogP contribution < -0.4 is 14.8 Å². The quantitative estimate of drug-likeness (QED) is 0.336. The maximum atomic E-state index is 13.7. The van der Waals surface area contributed by atoms with Crippen molar-refractivity contribution < 1.29 is 19.1 Å². The summed E-state index contributed by atoms with van der Waals surface area (Å²) in [6, 6.07) is 21.7. The highest BCUT2D eigenvalue weighted by atomic mass is 35.5. The monoisotopic (exact) mass is 522 g/mol. The highest BCUT2D eigenvalue weighted by molar-refractivity contribution is 6.31. The third kappa shape index (κ3) is 8.25. The first-order valence-corrected chi connectivity index (χ1v) is 12.8. The SMILES string of the molecule is CC[C@@H](C)NC(=O)[C@H](Cc1ccccc1)N(Cc1cccc(OC)c1)C(=O)COc1ccc(Cl)c(C)c1. The molecule has 3 aromatic rings. The highest BCUT2D eigenvalue weighted by Gasteiger charge is 2.31. The maximum absolute atomic E-state index is 13.7. The van der Waals surface area contributed by atoms with Gasteiger partial charge in [0, 0.05) is 24.0 Å². The van der Waals surface area contributed by atoms with E-state index in [0.717, 1.165) is 23.1 Å². The molecule has 0 saturated carbocycles. The zero-order valence-electron chi connectivity index (χ0n) is 21.9. The molecule has 37 heavy (non-hydrogen) atoms. The molecule has 0 bridgehead atoms. The zero-order chi connectivity index (χ0) is 26.8. The van der Waals surface area contributed by atoms with Crippen molar-refractivity contribution in [2.45, 2.75) is 52.2 Å². The molecule has 2 atom stereocenters. The summed E-state index contributed by atoms with van der Waals surface area (Å²) in [7, 11) is 1.60. The fourth-order valence-corrected chi connectivity index (χ4v) is 4.02. The average Bonchev–Trinajstić information content (AvgIpc) is 2.91. The third-order valence-corrected chi connectivity index (χ3v) is 6.67. The first-order chi connectivity index (χ1) is 17.8. The van der Waals surface area contributed by atoms with Crippen LogP contribution in [-0.4, -0.2) is 42.5 Å². The van der Waals surface area contributed by atoms with Gasteiger partial charge < -0.3 is 19.7 Å². The van der Waals surface area contributed by atoms with Crippen LogP contribution in [0, 0.1) is 6.92 Å². The van der Waals surface area contributed by atoms with Gasteiger partial charge in [0.15, 0.2) is 6.61 Å². The summed E-state index contributed by atoms with van der Waals surface area (Å²) in [4.78, 5) is 28.8. The first kappa shape index (κ1) is 28.1. The van der Waals surface area contributed by atoms with Gasteiger partial charge in [-0.2, -0.15) is 0 Å². The number of carbonyl (C=O) groups excluding carboxylic acids is 2. The molecule has 1 N–H and O–H groups in total. The van der Waals surface area contributed by atoms with Crippen LogP contribution in [0.15, 0.2) is 72.8 Å². The van der Waals surface area contributed by atoms with Crippen LogP contribution >= 0.6 is 11.6 Å². The maximum Gasteiger partial charge on any atom is 0.261 e. The van der Waals surface area contributed by atoms with Gasteiger partial charge in [0.2, 0.25) is 5.91 Å². The molecule has 7 heteroatoms. The second kappa shape index (κ2) is 13.7. The number of hydrogen-bond donors (Lipinski definition) is 1. The lowest BCUT2D eigenvalue weighted by Gasteiger charge is -2.32. The van der Waals surface area contributed by atoms with E-state index in [4.69, 9.17) is 21.1 Å². The minimum absolute atomic E-state index is 0.0205. The van der Waals surface area contributed by atoms with Crippen molar-refractivity contribution in [1.82, 2.24) is 10.2 Å². The Morgan fingerprint density at radius 1 is 0.973 bits per heavy atom. The summed E-state index contributed by atoms with van der Waals surface area (Å²) >= 11 is 6.13. The number of nitrogens with zero attached hydrogens (tertiary/aromatic N) is 1. The molecule has 0 aromatic heterocycles. The van der Waals surface area contributed by atoms with Crippen molar-refractivity contribution in [2.75, 3.05) is 13.7 Å². The molecule has 0 heterocycles. The molecule has 3 rings (SSSR count). The van der Waals surface area contributed by atoms with Gasteiger partial charge in [-0.1, -0.05) is 61.0 Å². The second-order valence-corrected chi connectivity index (χ2v) is 9.50. The standard InChI is InChI=1S/C30H35ClN2O4/c1-5-22(3)32-30(35)28(18-23-10-7-6-8-11-23)33(19-24-12-9-13-25(17-24)36-4)29(34)20-37-26-14-15-27(31)21(2)16-26/h6-17,22,28H,5,18-20H2,1-4H3,(H,32,35)/t22-,28+/m1/s1. The van der Waals surface area contributed by atoms with Crippen LogP contribution in [0.5, 0.6) is 11.5 Å². The molecule has 3 aromatic carbocycles. The number of methoxy groups -OCH3 is 1. The summed E-state index contributed by atoms with van der Waals surface area (Å²) < 4.78 is 11.2. The lowest BCUT2D eigenvalue weighted by Crippen LogP contribution is -2.53. The molecule has 2 amide bonds. The van der Waals surface area contributed by atoms with Crippen LogP contribution in [0.4, 0.5) is 0 Å². The molecule has 0 radical (unpaired) electrons. The largest absolute Gasteiger partial charge is 0.497 e. The van der Waals surface area contributed by atoms with Crippen molar-refractivity contribution in [3.05, 3.63) is 94.5 Å². The van der Waals surface area contributed by atoms with Gasteiger partial charge in [-0.3, -0.25) is 9.59 Å². The molecular weight excluding hydrogens is 488 g/mol. The number of ether oxygens (including phenoxy) is 2. The van der Waals surface area contributed by atoms with E-state index in [0.29, 0.717) is 22.9 Å². The number of rotatable bonds is 12. The fourth-order valence-electron chi connectivity index (χ4n) is 3.90. The summed E-state index contributed by atoms with van der Waals surface area (Å²) in [5.74, 6) is 0.731. The van der Waals surface area contributed by atoms with Crippen LogP contribution in [0.1, 0.15) is 37.0 Å². The normalized spacial score (nSPS) is 12.4. The van der Waals surface area contributed by atoms with Crippen molar-refractivity contribution in [2.24, 2.45) is 0 Å². The molecule has 0 aliphatic heterocycles. The van der Waals surface area contributed by atoms with Gasteiger partial charge in [-0.15, -0.1) is 0 Å². The Morgan fingerprint density at radius 2 is 1.70 bits per heavy atom. The molecule has 0 saturated heterocycles. The Hall–Kier alpha value is -3.51. The van der Waals surface area contributed by atoms with Gasteiger partial charge in [0.25, 0.3) is 5.91 Å². The van der Waals surface area contributed by atoms with E-state index in [-0.39, 0.29) is 31.0 Å². The Labute approximate surface area is 224 Å². The van der Waals surface area contributed by atoms with Crippen LogP contribution in [0.25, 0.3) is 0 Å². The van der Waals surface area contributed by atoms with E-state index in [1.54, 1.807) is 30.2 Å². The average molecular weight is 523 g/mol. The van der Waals surface area contributed by atoms with Crippen molar-refractivity contribution in [3.63, 3.8) is 0 Å². The highest BCUT2D eigenvalue weighted by Crippen LogP contribution is 2.22. The Kier molecular flexibility index (Phi) is 10.4. The Morgan fingerprint density at radius 3 is 2.38 bits per heavy atom. The van der Waals surface area contributed by atoms with E-state index in [9.17, 15) is 9.59 Å². The number of hydrogen-bond acceptors (Lipinski definition) is 4. The molecule has 0 fully saturated rings. The molecule has 0 aliphatic carbocycles. The van der Waals surface area contributed by atoms with Gasteiger partial charge in [0.05, 0.1) is 7.11 Å². The minimum Gasteiger partial charge on any atom is -0.497 e. The smallest absolute Gasteiger partial charge is 0.261 e. The summed E-state index contributed by atoms with van der Waals surface area (Å²) in [5.41, 5.74) is 2.67. The second-order valence-electron chi connectivity index (χ2n) is 9.10. The van der Waals surface area contributed by atoms with Crippen molar-refractivity contribution in [1.29, 1.82) is 0 Å². The fraction of sp³-hybridized carbons (Fsp3) is 0.333. The van der Waals surface area contributed by atoms with Crippen LogP contribution in [-0.2, 0) is 22.6 Å². The third-order valence-electron chi connectivity index (χ3n) is 6.25. The van der Waals surface area contributed by atoms with Gasteiger partial charge in [-0.25, -0.2) is 0 Å². The molecule has 0 unspecified atom stereocenters. The topological polar surface area (TPSA) is 67.9 Å². The number of nitrogens with one attached hydrogen (secondary N) is 1. The first-order valence-electron chi connectivity index (χ1n) is 12.5. The number of carbonyl (C=O) groups is 2. The van der Waals surface area contributed by atoms with E-state index in [1.807, 2.05) is 75.4 Å². The molecule has 196 valence electrons. The van der Waals surface area contributed by atoms with Gasteiger partial charge >= 0.3 is 0 Å². The lowest BCUT2D eigenvalue weighted by atomic mass is 10.0. The molecule has 6 nitrogen and oxygen atoms in total. The van der Waals surface area contributed by atoms with Crippen molar-refractivity contribution >= 4 is 23.4 Å². The number of halogens is 1. The predicted molar refractivity (Wildman–Crippen MR) is 147 cm³/mol. The van der Waals surface area contributed by atoms with Crippen molar-refractivity contribution in [3.8, 4) is 11.5 Å². The molecule has 0 spiro atoms. The van der Waals surface area contributed by atoms with Gasteiger partial charge in [-0.05, 0) is 67.3 Å². The van der Waals surface area contributed by atoms with E-state index in [1.165, 1.54) is 0 Å². The lowest BCUT2D eigenvalue weighted by molar-refractivity contribution is -0.143. The van der Waals surface area contributed by atoms with Gasteiger partial charge in [0.1, 0.15) is 17.5 Å². The zero-order valence-corrected chi connectivity index (χ0v) is 22.6. The van der Waals surface area contributed by atoms with Crippen LogP contribution in [0.2, 0.25) is 5.02 Å². The molecular formula is C30H35ClN2O4. The number of amides is 2. The molecule has 0 aliphatic rings. The Balaban J connectivity index is 1.93. The van der Waals surface area contributed by atoms with Crippen LogP contribution in [0.3, 0.4) is 0 Å². The van der Waals surface area contributed by atoms with E-state index < -0.39 is 6.04 Å². The number of aryl methyl sites for hydroxylation is 1. The summed E-state index contributed by atoms with van der Waals surface area (Å²) in [6.07, 6.45) is 1.16. The summed E-state index contributed by atoms with van der Waals surface area (Å²) in [6.45, 7) is 5.86. The minimum atomic E-state index is -0.731. The number of benzene rings is 3.